The van der Waals surface area contributed by atoms with Crippen molar-refractivity contribution in [3.8, 4) is 34.3 Å². The number of para-hydroxylation sites is 1. The van der Waals surface area contributed by atoms with E-state index in [9.17, 15) is 4.79 Å². The Kier molecular flexibility index (Phi) is 9.43. The van der Waals surface area contributed by atoms with E-state index in [1.165, 1.54) is 11.9 Å². The van der Waals surface area contributed by atoms with Gasteiger partial charge < -0.3 is 25.2 Å². The monoisotopic (exact) mass is 662 g/mol. The average molecular weight is 663 g/mol. The van der Waals surface area contributed by atoms with E-state index in [1.807, 2.05) is 105 Å². The first-order valence-electron chi connectivity index (χ1n) is 16.6. The van der Waals surface area contributed by atoms with Gasteiger partial charge in [-0.05, 0) is 74.5 Å². The van der Waals surface area contributed by atoms with E-state index in [4.69, 9.17) is 14.7 Å². The fourth-order valence-corrected chi connectivity index (χ4v) is 5.88. The Morgan fingerprint density at radius 2 is 1.48 bits per heavy atom. The van der Waals surface area contributed by atoms with E-state index >= 15 is 0 Å². The molecule has 10 nitrogen and oxygen atoms in total. The van der Waals surface area contributed by atoms with Crippen molar-refractivity contribution in [2.75, 3.05) is 48.8 Å². The summed E-state index contributed by atoms with van der Waals surface area (Å²) in [7, 11) is 2.15. The van der Waals surface area contributed by atoms with Crippen LogP contribution in [-0.2, 0) is 0 Å². The van der Waals surface area contributed by atoms with Crippen LogP contribution in [0.2, 0.25) is 0 Å². The normalized spacial score (nSPS) is 13.1. The number of rotatable bonds is 9. The van der Waals surface area contributed by atoms with E-state index in [2.05, 4.69) is 49.6 Å². The molecule has 0 unspecified atom stereocenters. The molecule has 250 valence electrons. The molecule has 1 saturated heterocycles. The number of nitrogens with one attached hydrogen (secondary N) is 2. The van der Waals surface area contributed by atoms with Crippen LogP contribution in [0.25, 0.3) is 22.6 Å². The van der Waals surface area contributed by atoms with Gasteiger partial charge in [0.15, 0.2) is 5.82 Å². The molecular formula is C40H38N8O2. The van der Waals surface area contributed by atoms with Crippen molar-refractivity contribution in [1.29, 1.82) is 0 Å². The third-order valence-electron chi connectivity index (χ3n) is 8.74. The van der Waals surface area contributed by atoms with Crippen LogP contribution in [0.1, 0.15) is 21.5 Å². The standard InChI is InChI=1S/C40H38N8O2/c1-27-9-7-10-28(2)36(27)45-38(49)34-26-42-40(43-31-15-17-32(18-16-31)48-23-21-47(3)22-24-48)46-39(34)50-33-14-8-13-30(25-33)35-19-20-41-37(44-35)29-11-5-4-6-12-29/h4-20,25-26H,21-24H2,1-3H3,(H,45,49)(H,42,43,46). The minimum atomic E-state index is -0.375. The van der Waals surface area contributed by atoms with Gasteiger partial charge in [-0.1, -0.05) is 60.7 Å². The van der Waals surface area contributed by atoms with Gasteiger partial charge in [0.2, 0.25) is 11.8 Å². The van der Waals surface area contributed by atoms with Gasteiger partial charge in [0, 0.05) is 66.8 Å². The first kappa shape index (κ1) is 32.4. The summed E-state index contributed by atoms with van der Waals surface area (Å²) < 4.78 is 6.39. The maximum absolute atomic E-state index is 13.8. The molecule has 6 aromatic rings. The Hall–Kier alpha value is -6.13. The first-order valence-corrected chi connectivity index (χ1v) is 16.6. The molecule has 0 radical (unpaired) electrons. The van der Waals surface area contributed by atoms with Crippen LogP contribution in [-0.4, -0.2) is 64.0 Å². The number of amides is 1. The summed E-state index contributed by atoms with van der Waals surface area (Å²) in [5, 5.41) is 6.33. The molecule has 10 heteroatoms. The first-order chi connectivity index (χ1) is 24.4. The molecule has 0 saturated carbocycles. The van der Waals surface area contributed by atoms with Gasteiger partial charge in [0.25, 0.3) is 5.91 Å². The second kappa shape index (κ2) is 14.6. The highest BCUT2D eigenvalue weighted by molar-refractivity contribution is 6.06. The molecule has 0 aliphatic carbocycles. The fourth-order valence-electron chi connectivity index (χ4n) is 5.88. The number of aromatic nitrogens is 4. The summed E-state index contributed by atoms with van der Waals surface area (Å²) in [6, 6.07) is 33.3. The summed E-state index contributed by atoms with van der Waals surface area (Å²) in [6.07, 6.45) is 3.24. The molecule has 0 atom stereocenters. The lowest BCUT2D eigenvalue weighted by atomic mass is 10.1. The predicted molar refractivity (Wildman–Crippen MR) is 198 cm³/mol. The van der Waals surface area contributed by atoms with Gasteiger partial charge in [0.05, 0.1) is 5.69 Å². The fraction of sp³-hybridized carbons (Fsp3) is 0.175. The Balaban J connectivity index is 1.17. The molecule has 2 N–H and O–H groups in total. The Morgan fingerprint density at radius 3 is 2.24 bits per heavy atom. The molecule has 1 aliphatic heterocycles. The van der Waals surface area contributed by atoms with Crippen LogP contribution >= 0.6 is 0 Å². The van der Waals surface area contributed by atoms with Gasteiger partial charge in [-0.2, -0.15) is 4.98 Å². The minimum Gasteiger partial charge on any atom is -0.438 e. The van der Waals surface area contributed by atoms with Crippen molar-refractivity contribution >= 4 is 28.9 Å². The second-order valence-corrected chi connectivity index (χ2v) is 12.4. The smallest absolute Gasteiger partial charge is 0.262 e. The minimum absolute atomic E-state index is 0.116. The summed E-state index contributed by atoms with van der Waals surface area (Å²) in [4.78, 5) is 36.9. The Bertz CT molecular complexity index is 2090. The molecule has 1 amide bonds. The molecule has 0 spiro atoms. The molecule has 2 aromatic heterocycles. The third kappa shape index (κ3) is 7.45. The van der Waals surface area contributed by atoms with Crippen molar-refractivity contribution < 1.29 is 9.53 Å². The number of nitrogens with zero attached hydrogens (tertiary/aromatic N) is 6. The lowest BCUT2D eigenvalue weighted by molar-refractivity contribution is 0.102. The van der Waals surface area contributed by atoms with Crippen LogP contribution in [0.4, 0.5) is 23.0 Å². The number of piperazine rings is 1. The van der Waals surface area contributed by atoms with E-state index in [0.717, 1.165) is 65.5 Å². The number of hydrogen-bond acceptors (Lipinski definition) is 9. The number of benzene rings is 4. The highest BCUT2D eigenvalue weighted by Crippen LogP contribution is 2.31. The van der Waals surface area contributed by atoms with Gasteiger partial charge in [-0.25, -0.2) is 15.0 Å². The summed E-state index contributed by atoms with van der Waals surface area (Å²) >= 11 is 0. The zero-order valence-corrected chi connectivity index (χ0v) is 28.3. The third-order valence-corrected chi connectivity index (χ3v) is 8.74. The lowest BCUT2D eigenvalue weighted by Gasteiger charge is -2.34. The number of anilines is 4. The molecule has 1 aliphatic rings. The van der Waals surface area contributed by atoms with Gasteiger partial charge in [-0.15, -0.1) is 0 Å². The van der Waals surface area contributed by atoms with Crippen molar-refractivity contribution in [2.24, 2.45) is 0 Å². The van der Waals surface area contributed by atoms with Gasteiger partial charge in [-0.3, -0.25) is 4.79 Å². The predicted octanol–water partition coefficient (Wildman–Crippen LogP) is 7.76. The highest BCUT2D eigenvalue weighted by atomic mass is 16.5. The summed E-state index contributed by atoms with van der Waals surface area (Å²) in [5.41, 5.74) is 7.33. The molecule has 1 fully saturated rings. The van der Waals surface area contributed by atoms with E-state index in [-0.39, 0.29) is 17.4 Å². The van der Waals surface area contributed by atoms with Crippen molar-refractivity contribution in [3.63, 3.8) is 0 Å². The maximum atomic E-state index is 13.8. The van der Waals surface area contributed by atoms with Crippen molar-refractivity contribution in [3.05, 3.63) is 132 Å². The zero-order chi connectivity index (χ0) is 34.5. The summed E-state index contributed by atoms with van der Waals surface area (Å²) in [5.74, 6) is 1.16. The molecule has 50 heavy (non-hydrogen) atoms. The Morgan fingerprint density at radius 1 is 0.760 bits per heavy atom. The molecule has 4 aromatic carbocycles. The zero-order valence-electron chi connectivity index (χ0n) is 28.3. The van der Waals surface area contributed by atoms with E-state index in [0.29, 0.717) is 17.5 Å². The van der Waals surface area contributed by atoms with Crippen molar-refractivity contribution in [1.82, 2.24) is 24.8 Å². The molecule has 7 rings (SSSR count). The van der Waals surface area contributed by atoms with E-state index in [1.54, 1.807) is 6.20 Å². The Labute approximate surface area is 291 Å². The largest absolute Gasteiger partial charge is 0.438 e. The number of carbonyl (C=O) groups is 1. The van der Waals surface area contributed by atoms with E-state index < -0.39 is 0 Å². The van der Waals surface area contributed by atoms with Gasteiger partial charge in [0.1, 0.15) is 11.3 Å². The molecule has 3 heterocycles. The van der Waals surface area contributed by atoms with Crippen LogP contribution in [0.5, 0.6) is 11.6 Å². The number of aryl methyl sites for hydroxylation is 2. The second-order valence-electron chi connectivity index (χ2n) is 12.4. The van der Waals surface area contributed by atoms with Crippen LogP contribution in [0.15, 0.2) is 116 Å². The van der Waals surface area contributed by atoms with Crippen LogP contribution in [0, 0.1) is 13.8 Å². The number of carbonyl (C=O) groups excluding carboxylic acids is 1. The lowest BCUT2D eigenvalue weighted by Crippen LogP contribution is -2.44. The van der Waals surface area contributed by atoms with Crippen LogP contribution < -0.4 is 20.3 Å². The summed E-state index contributed by atoms with van der Waals surface area (Å²) in [6.45, 7) is 7.98. The topological polar surface area (TPSA) is 108 Å². The van der Waals surface area contributed by atoms with Crippen molar-refractivity contribution in [2.45, 2.75) is 13.8 Å². The molecule has 0 bridgehead atoms. The highest BCUT2D eigenvalue weighted by Gasteiger charge is 2.20. The quantitative estimate of drug-likeness (QED) is 0.161. The maximum Gasteiger partial charge on any atom is 0.262 e. The SMILES string of the molecule is Cc1cccc(C)c1NC(=O)c1cnc(Nc2ccc(N3CCN(C)CC3)cc2)nc1Oc1cccc(-c2ccnc(-c3ccccc3)n2)c1. The molecular weight excluding hydrogens is 624 g/mol. The number of likely N-dealkylation sites (N-methyl/N-ethyl adjacent to an activating group) is 1. The average Bonchev–Trinajstić information content (AvgIpc) is 3.14. The van der Waals surface area contributed by atoms with Crippen LogP contribution in [0.3, 0.4) is 0 Å². The number of ether oxygens (including phenoxy) is 1. The number of hydrogen-bond donors (Lipinski definition) is 2. The van der Waals surface area contributed by atoms with Gasteiger partial charge >= 0.3 is 0 Å².